The second-order valence-electron chi connectivity index (χ2n) is 14.4. The van der Waals surface area contributed by atoms with Crippen LogP contribution >= 0.6 is 0 Å². The summed E-state index contributed by atoms with van der Waals surface area (Å²) in [6, 6.07) is 69.7. The molecule has 8 aromatic carbocycles. The highest BCUT2D eigenvalue weighted by Crippen LogP contribution is 2.42. The summed E-state index contributed by atoms with van der Waals surface area (Å²) in [5, 5.41) is 5.57. The van der Waals surface area contributed by atoms with Crippen molar-refractivity contribution < 1.29 is 4.42 Å². The molecule has 0 aliphatic heterocycles. The van der Waals surface area contributed by atoms with Crippen molar-refractivity contribution in [1.82, 2.24) is 15.0 Å². The molecule has 266 valence electrons. The van der Waals surface area contributed by atoms with Gasteiger partial charge in [0.25, 0.3) is 0 Å². The lowest BCUT2D eigenvalue weighted by Gasteiger charge is -2.12. The fourth-order valence-corrected chi connectivity index (χ4v) is 8.04. The molecule has 0 unspecified atom stereocenters. The first-order chi connectivity index (χ1) is 28.2. The molecule has 3 heterocycles. The Bertz CT molecular complexity index is 3280. The molecule has 3 aromatic heterocycles. The first-order valence-electron chi connectivity index (χ1n) is 19.2. The topological polar surface area (TPSA) is 51.8 Å². The molecular weight excluding hydrogens is 695 g/mol. The normalized spacial score (nSPS) is 11.5. The smallest absolute Gasteiger partial charge is 0.162 e. The minimum atomic E-state index is 0.692. The first-order valence-corrected chi connectivity index (χ1v) is 19.2. The number of benzene rings is 8. The van der Waals surface area contributed by atoms with Crippen molar-refractivity contribution in [2.24, 2.45) is 0 Å². The van der Waals surface area contributed by atoms with Crippen LogP contribution in [0.4, 0.5) is 0 Å². The monoisotopic (exact) mass is 727 g/mol. The molecule has 4 heteroatoms. The van der Waals surface area contributed by atoms with Crippen molar-refractivity contribution in [3.63, 3.8) is 0 Å². The van der Waals surface area contributed by atoms with Gasteiger partial charge in [0.1, 0.15) is 11.3 Å². The number of furan rings is 1. The Labute approximate surface area is 329 Å². The summed E-state index contributed by atoms with van der Waals surface area (Å²) in [5.74, 6) is 0.692. The van der Waals surface area contributed by atoms with Crippen molar-refractivity contribution in [3.8, 4) is 67.4 Å². The van der Waals surface area contributed by atoms with Gasteiger partial charge in [-0.15, -0.1) is 0 Å². The van der Waals surface area contributed by atoms with Crippen molar-refractivity contribution >= 4 is 43.6 Å². The number of fused-ring (bicyclic) bond motifs is 7. The molecule has 0 radical (unpaired) electrons. The summed E-state index contributed by atoms with van der Waals surface area (Å²) in [7, 11) is 0. The molecule has 4 nitrogen and oxygen atoms in total. The van der Waals surface area contributed by atoms with Crippen LogP contribution in [0.2, 0.25) is 0 Å². The molecule has 0 aliphatic carbocycles. The van der Waals surface area contributed by atoms with E-state index in [0.717, 1.165) is 99.6 Å². The van der Waals surface area contributed by atoms with Gasteiger partial charge in [0.15, 0.2) is 11.4 Å². The van der Waals surface area contributed by atoms with Crippen LogP contribution in [-0.4, -0.2) is 15.0 Å². The molecule has 0 N–H and O–H groups in total. The lowest BCUT2D eigenvalue weighted by molar-refractivity contribution is 0.669. The maximum atomic E-state index is 6.61. The maximum absolute atomic E-state index is 6.61. The van der Waals surface area contributed by atoms with Gasteiger partial charge in [-0.1, -0.05) is 176 Å². The number of hydrogen-bond donors (Lipinski definition) is 0. The van der Waals surface area contributed by atoms with Crippen LogP contribution in [0, 0.1) is 0 Å². The van der Waals surface area contributed by atoms with Crippen LogP contribution in [0.1, 0.15) is 0 Å². The van der Waals surface area contributed by atoms with Crippen LogP contribution in [0.15, 0.2) is 205 Å². The van der Waals surface area contributed by atoms with Gasteiger partial charge in [-0.25, -0.2) is 15.0 Å². The lowest BCUT2D eigenvalue weighted by Crippen LogP contribution is -1.96. The molecule has 0 spiro atoms. The molecule has 57 heavy (non-hydrogen) atoms. The third-order valence-corrected chi connectivity index (χ3v) is 10.9. The van der Waals surface area contributed by atoms with Gasteiger partial charge < -0.3 is 4.42 Å². The predicted octanol–water partition coefficient (Wildman–Crippen LogP) is 14.1. The van der Waals surface area contributed by atoms with Crippen molar-refractivity contribution in [3.05, 3.63) is 200 Å². The Kier molecular flexibility index (Phi) is 7.78. The average Bonchev–Trinajstić information content (AvgIpc) is 3.69. The molecule has 0 amide bonds. The zero-order valence-electron chi connectivity index (χ0n) is 30.8. The van der Waals surface area contributed by atoms with Crippen LogP contribution in [0.3, 0.4) is 0 Å². The largest absolute Gasteiger partial charge is 0.454 e. The highest BCUT2D eigenvalue weighted by Gasteiger charge is 2.19. The van der Waals surface area contributed by atoms with Crippen molar-refractivity contribution in [1.29, 1.82) is 0 Å². The Morgan fingerprint density at radius 1 is 0.333 bits per heavy atom. The number of pyridine rings is 1. The summed E-state index contributed by atoms with van der Waals surface area (Å²) < 4.78 is 6.61. The van der Waals surface area contributed by atoms with Gasteiger partial charge >= 0.3 is 0 Å². The number of rotatable bonds is 6. The summed E-state index contributed by atoms with van der Waals surface area (Å²) >= 11 is 0. The van der Waals surface area contributed by atoms with E-state index in [1.807, 2.05) is 36.4 Å². The minimum Gasteiger partial charge on any atom is -0.454 e. The first kappa shape index (κ1) is 32.7. The van der Waals surface area contributed by atoms with E-state index in [4.69, 9.17) is 19.4 Å². The van der Waals surface area contributed by atoms with Crippen LogP contribution < -0.4 is 0 Å². The number of para-hydroxylation sites is 1. The van der Waals surface area contributed by atoms with Gasteiger partial charge in [0.05, 0.1) is 16.9 Å². The zero-order valence-corrected chi connectivity index (χ0v) is 30.8. The number of aromatic nitrogens is 3. The van der Waals surface area contributed by atoms with Gasteiger partial charge in [0.2, 0.25) is 0 Å². The lowest BCUT2D eigenvalue weighted by atomic mass is 9.97. The van der Waals surface area contributed by atoms with Gasteiger partial charge in [-0.3, -0.25) is 0 Å². The van der Waals surface area contributed by atoms with E-state index < -0.39 is 0 Å². The molecule has 0 saturated carbocycles. The molecular formula is C53H33N3O. The highest BCUT2D eigenvalue weighted by atomic mass is 16.3. The molecule has 0 atom stereocenters. The van der Waals surface area contributed by atoms with Crippen molar-refractivity contribution in [2.75, 3.05) is 0 Å². The van der Waals surface area contributed by atoms with E-state index in [9.17, 15) is 0 Å². The third kappa shape index (κ3) is 5.83. The van der Waals surface area contributed by atoms with Crippen molar-refractivity contribution in [2.45, 2.75) is 0 Å². The van der Waals surface area contributed by atoms with Gasteiger partial charge in [0, 0.05) is 43.8 Å². The Morgan fingerprint density at radius 3 is 1.67 bits per heavy atom. The van der Waals surface area contributed by atoms with E-state index >= 15 is 0 Å². The summed E-state index contributed by atoms with van der Waals surface area (Å²) in [6.07, 6.45) is 0. The quantitative estimate of drug-likeness (QED) is 0.160. The SMILES string of the molecule is c1ccc(-c2cccc(-c3cc(-c4ccc(-c5cccc(-c6nc7c8ccccc8ccc7c7c6oc6ccccc67)c5)cc4)nc(-c4ccccc4)n3)c2)cc1. The fourth-order valence-electron chi connectivity index (χ4n) is 8.04. The fraction of sp³-hybridized carbons (Fsp3) is 0. The molecule has 0 aliphatic rings. The van der Waals surface area contributed by atoms with Crippen LogP contribution in [0.5, 0.6) is 0 Å². The van der Waals surface area contributed by atoms with Gasteiger partial charge in [-0.2, -0.15) is 0 Å². The Morgan fingerprint density at radius 2 is 0.895 bits per heavy atom. The average molecular weight is 728 g/mol. The standard InChI is InChI=1S/C53H33N3O/c1-3-13-34(14-4-1)39-18-11-20-41(31-39)47-33-46(54-53(55-47)38-16-5-2-6-17-38)37-27-25-35(26-28-37)40-19-12-21-42(32-40)50-52-49(44-23-9-10-24-48(44)57-52)45-30-29-36-15-7-8-22-43(36)51(45)56-50/h1-33H. The molecule has 0 bridgehead atoms. The predicted molar refractivity (Wildman–Crippen MR) is 235 cm³/mol. The van der Waals surface area contributed by atoms with E-state index in [1.54, 1.807) is 0 Å². The Balaban J connectivity index is 1.00. The summed E-state index contributed by atoms with van der Waals surface area (Å²) in [4.78, 5) is 15.6. The van der Waals surface area contributed by atoms with Crippen LogP contribution in [0.25, 0.3) is 111 Å². The van der Waals surface area contributed by atoms with E-state index in [2.05, 4.69) is 164 Å². The number of nitrogens with zero attached hydrogens (tertiary/aromatic N) is 3. The van der Waals surface area contributed by atoms with E-state index in [1.165, 1.54) is 5.56 Å². The van der Waals surface area contributed by atoms with Gasteiger partial charge in [-0.05, 0) is 51.9 Å². The molecule has 11 aromatic rings. The number of hydrogen-bond acceptors (Lipinski definition) is 4. The maximum Gasteiger partial charge on any atom is 0.162 e. The molecule has 0 fully saturated rings. The summed E-state index contributed by atoms with van der Waals surface area (Å²) in [5.41, 5.74) is 13.7. The minimum absolute atomic E-state index is 0.692. The highest BCUT2D eigenvalue weighted by molar-refractivity contribution is 6.24. The van der Waals surface area contributed by atoms with E-state index in [-0.39, 0.29) is 0 Å². The molecule has 11 rings (SSSR count). The third-order valence-electron chi connectivity index (χ3n) is 10.9. The second kappa shape index (κ2) is 13.6. The second-order valence-corrected chi connectivity index (χ2v) is 14.4. The Hall–Kier alpha value is -7.69. The summed E-state index contributed by atoms with van der Waals surface area (Å²) in [6.45, 7) is 0. The van der Waals surface area contributed by atoms with E-state index in [0.29, 0.717) is 5.82 Å². The van der Waals surface area contributed by atoms with Crippen LogP contribution in [-0.2, 0) is 0 Å². The zero-order chi connectivity index (χ0) is 37.7. The molecule has 0 saturated heterocycles.